The SMILES string of the molecule is CCOC(=O)c1ncoc1C1CNC1. The van der Waals surface area contributed by atoms with Crippen molar-refractivity contribution in [3.63, 3.8) is 0 Å². The van der Waals surface area contributed by atoms with Crippen LogP contribution in [0.2, 0.25) is 0 Å². The molecule has 0 aromatic carbocycles. The Morgan fingerprint density at radius 3 is 3.14 bits per heavy atom. The van der Waals surface area contributed by atoms with E-state index in [4.69, 9.17) is 9.15 Å². The topological polar surface area (TPSA) is 64.4 Å². The van der Waals surface area contributed by atoms with Crippen LogP contribution in [0.25, 0.3) is 0 Å². The molecule has 1 N–H and O–H groups in total. The summed E-state index contributed by atoms with van der Waals surface area (Å²) in [6.45, 7) is 3.79. The second-order valence-corrected chi connectivity index (χ2v) is 3.14. The van der Waals surface area contributed by atoms with Gasteiger partial charge in [-0.05, 0) is 6.92 Å². The highest BCUT2D eigenvalue weighted by Crippen LogP contribution is 2.23. The van der Waals surface area contributed by atoms with Crippen molar-refractivity contribution in [2.45, 2.75) is 12.8 Å². The lowest BCUT2D eigenvalue weighted by molar-refractivity contribution is 0.0516. The molecular formula is C9H12N2O3. The minimum absolute atomic E-state index is 0.261. The molecule has 1 fully saturated rings. The summed E-state index contributed by atoms with van der Waals surface area (Å²) in [5.74, 6) is 0.502. The van der Waals surface area contributed by atoms with Crippen LogP contribution < -0.4 is 5.32 Å². The quantitative estimate of drug-likeness (QED) is 0.715. The van der Waals surface area contributed by atoms with Gasteiger partial charge in [-0.25, -0.2) is 9.78 Å². The van der Waals surface area contributed by atoms with Gasteiger partial charge in [0.1, 0.15) is 5.76 Å². The lowest BCUT2D eigenvalue weighted by atomic mass is 9.99. The number of hydrogen-bond acceptors (Lipinski definition) is 5. The van der Waals surface area contributed by atoms with Crippen molar-refractivity contribution >= 4 is 5.97 Å². The molecular weight excluding hydrogens is 184 g/mol. The van der Waals surface area contributed by atoms with Gasteiger partial charge in [0.15, 0.2) is 12.1 Å². The Labute approximate surface area is 81.5 Å². The monoisotopic (exact) mass is 196 g/mol. The number of carbonyl (C=O) groups excluding carboxylic acids is 1. The summed E-state index contributed by atoms with van der Waals surface area (Å²) >= 11 is 0. The van der Waals surface area contributed by atoms with Crippen LogP contribution in [0.3, 0.4) is 0 Å². The minimum atomic E-state index is -0.400. The smallest absolute Gasteiger partial charge is 0.360 e. The van der Waals surface area contributed by atoms with Gasteiger partial charge in [0.2, 0.25) is 0 Å². The van der Waals surface area contributed by atoms with Gasteiger partial charge in [0.25, 0.3) is 0 Å². The Morgan fingerprint density at radius 2 is 2.57 bits per heavy atom. The highest BCUT2D eigenvalue weighted by atomic mass is 16.5. The fraction of sp³-hybridized carbons (Fsp3) is 0.556. The number of carbonyl (C=O) groups is 1. The number of aromatic nitrogens is 1. The molecule has 76 valence electrons. The summed E-state index contributed by atoms with van der Waals surface area (Å²) in [5.41, 5.74) is 0.318. The van der Waals surface area contributed by atoms with Gasteiger partial charge in [-0.2, -0.15) is 0 Å². The highest BCUT2D eigenvalue weighted by Gasteiger charge is 2.29. The number of esters is 1. The van der Waals surface area contributed by atoms with Gasteiger partial charge in [-0.1, -0.05) is 0 Å². The summed E-state index contributed by atoms with van der Waals surface area (Å²) in [5, 5.41) is 3.11. The lowest BCUT2D eigenvalue weighted by Gasteiger charge is -2.25. The van der Waals surface area contributed by atoms with Crippen LogP contribution in [-0.4, -0.2) is 30.6 Å². The van der Waals surface area contributed by atoms with Crippen LogP contribution in [0.15, 0.2) is 10.8 Å². The predicted molar refractivity (Wildman–Crippen MR) is 48.1 cm³/mol. The third-order valence-corrected chi connectivity index (χ3v) is 2.22. The largest absolute Gasteiger partial charge is 0.461 e. The van der Waals surface area contributed by atoms with Gasteiger partial charge >= 0.3 is 5.97 Å². The summed E-state index contributed by atoms with van der Waals surface area (Å²) in [4.78, 5) is 15.3. The Hall–Kier alpha value is -1.36. The molecule has 0 bridgehead atoms. The average molecular weight is 196 g/mol. The predicted octanol–water partition coefficient (Wildman–Crippen LogP) is 0.538. The second kappa shape index (κ2) is 3.79. The maximum absolute atomic E-state index is 11.4. The van der Waals surface area contributed by atoms with Crippen LogP contribution in [0.1, 0.15) is 29.1 Å². The van der Waals surface area contributed by atoms with E-state index in [2.05, 4.69) is 10.3 Å². The van der Waals surface area contributed by atoms with E-state index in [1.54, 1.807) is 6.92 Å². The number of oxazole rings is 1. The van der Waals surface area contributed by atoms with Crippen molar-refractivity contribution in [1.29, 1.82) is 0 Å². The molecule has 0 saturated carbocycles. The first kappa shape index (κ1) is 9.21. The summed E-state index contributed by atoms with van der Waals surface area (Å²) in [7, 11) is 0. The van der Waals surface area contributed by atoms with E-state index in [-0.39, 0.29) is 5.92 Å². The molecule has 1 saturated heterocycles. The van der Waals surface area contributed by atoms with E-state index in [0.717, 1.165) is 13.1 Å². The van der Waals surface area contributed by atoms with E-state index in [1.807, 2.05) is 0 Å². The zero-order chi connectivity index (χ0) is 9.97. The molecule has 1 aliphatic rings. The maximum atomic E-state index is 11.4. The van der Waals surface area contributed by atoms with Crippen LogP contribution in [0.5, 0.6) is 0 Å². The van der Waals surface area contributed by atoms with E-state index in [1.165, 1.54) is 6.39 Å². The van der Waals surface area contributed by atoms with Crippen LogP contribution in [0, 0.1) is 0 Å². The number of rotatable bonds is 3. The Bertz CT molecular complexity index is 331. The third kappa shape index (κ3) is 1.50. The van der Waals surface area contributed by atoms with Crippen LogP contribution >= 0.6 is 0 Å². The molecule has 0 atom stereocenters. The van der Waals surface area contributed by atoms with Gasteiger partial charge in [0, 0.05) is 19.0 Å². The summed E-state index contributed by atoms with van der Waals surface area (Å²) in [6, 6.07) is 0. The number of hydrogen-bond donors (Lipinski definition) is 1. The third-order valence-electron chi connectivity index (χ3n) is 2.22. The molecule has 1 aromatic heterocycles. The van der Waals surface area contributed by atoms with Gasteiger partial charge in [-0.3, -0.25) is 0 Å². The Balaban J connectivity index is 2.16. The van der Waals surface area contributed by atoms with Crippen molar-refractivity contribution in [2.75, 3.05) is 19.7 Å². The molecule has 5 heteroatoms. The van der Waals surface area contributed by atoms with Crippen molar-refractivity contribution in [1.82, 2.24) is 10.3 Å². The molecule has 1 aliphatic heterocycles. The molecule has 0 aliphatic carbocycles. The maximum Gasteiger partial charge on any atom is 0.360 e. The molecule has 5 nitrogen and oxygen atoms in total. The first-order chi connectivity index (χ1) is 6.83. The van der Waals surface area contributed by atoms with Gasteiger partial charge in [0.05, 0.1) is 6.61 Å². The van der Waals surface area contributed by atoms with Crippen molar-refractivity contribution in [2.24, 2.45) is 0 Å². The van der Waals surface area contributed by atoms with Crippen molar-refractivity contribution in [3.8, 4) is 0 Å². The molecule has 0 spiro atoms. The lowest BCUT2D eigenvalue weighted by Crippen LogP contribution is -2.40. The van der Waals surface area contributed by atoms with Crippen molar-refractivity contribution in [3.05, 3.63) is 17.8 Å². The van der Waals surface area contributed by atoms with Crippen molar-refractivity contribution < 1.29 is 13.9 Å². The first-order valence-electron chi connectivity index (χ1n) is 4.64. The highest BCUT2D eigenvalue weighted by molar-refractivity contribution is 5.88. The zero-order valence-electron chi connectivity index (χ0n) is 7.95. The average Bonchev–Trinajstić information content (AvgIpc) is 2.50. The fourth-order valence-corrected chi connectivity index (χ4v) is 1.37. The summed E-state index contributed by atoms with van der Waals surface area (Å²) in [6.07, 6.45) is 1.29. The van der Waals surface area contributed by atoms with E-state index in [9.17, 15) is 4.79 Å². The zero-order valence-corrected chi connectivity index (χ0v) is 7.95. The number of nitrogens with one attached hydrogen (secondary N) is 1. The molecule has 2 rings (SSSR count). The number of nitrogens with zero attached hydrogens (tertiary/aromatic N) is 1. The van der Waals surface area contributed by atoms with E-state index in [0.29, 0.717) is 18.1 Å². The first-order valence-corrected chi connectivity index (χ1v) is 4.64. The minimum Gasteiger partial charge on any atom is -0.461 e. The number of ether oxygens (including phenoxy) is 1. The molecule has 1 aromatic rings. The second-order valence-electron chi connectivity index (χ2n) is 3.14. The van der Waals surface area contributed by atoms with Crippen LogP contribution in [0.4, 0.5) is 0 Å². The van der Waals surface area contributed by atoms with Crippen LogP contribution in [-0.2, 0) is 4.74 Å². The van der Waals surface area contributed by atoms with Gasteiger partial charge in [-0.15, -0.1) is 0 Å². The normalized spacial score (nSPS) is 16.4. The standard InChI is InChI=1S/C9H12N2O3/c1-2-13-9(12)7-8(14-5-11-7)6-3-10-4-6/h5-6,10H,2-4H2,1H3. The fourth-order valence-electron chi connectivity index (χ4n) is 1.37. The molecule has 0 unspecified atom stereocenters. The molecule has 0 amide bonds. The molecule has 0 radical (unpaired) electrons. The molecule has 14 heavy (non-hydrogen) atoms. The Kier molecular flexibility index (Phi) is 2.49. The van der Waals surface area contributed by atoms with E-state index >= 15 is 0 Å². The van der Waals surface area contributed by atoms with Gasteiger partial charge < -0.3 is 14.5 Å². The van der Waals surface area contributed by atoms with E-state index < -0.39 is 5.97 Å². The summed E-state index contributed by atoms with van der Waals surface area (Å²) < 4.78 is 10.0. The molecule has 2 heterocycles. The Morgan fingerprint density at radius 1 is 1.79 bits per heavy atom.